The normalized spacial score (nSPS) is 10.5. The quantitative estimate of drug-likeness (QED) is 0.531. The van der Waals surface area contributed by atoms with E-state index in [0.717, 1.165) is 5.56 Å². The fraction of sp³-hybridized carbons (Fsp3) is 0.105. The summed E-state index contributed by atoms with van der Waals surface area (Å²) in [5.74, 6) is 0.669. The molecule has 0 bridgehead atoms. The SMILES string of the molecule is O=C(OCc1ccccc1Cl)c1ccc(COc2cccc(Cl)c2)o1. The van der Waals surface area contributed by atoms with Crippen molar-refractivity contribution in [3.8, 4) is 5.75 Å². The fourth-order valence-electron chi connectivity index (χ4n) is 2.11. The lowest BCUT2D eigenvalue weighted by Crippen LogP contribution is -2.04. The van der Waals surface area contributed by atoms with E-state index in [0.29, 0.717) is 21.6 Å². The largest absolute Gasteiger partial charge is 0.486 e. The molecule has 4 nitrogen and oxygen atoms in total. The molecule has 1 heterocycles. The van der Waals surface area contributed by atoms with Gasteiger partial charge in [-0.3, -0.25) is 0 Å². The highest BCUT2D eigenvalue weighted by Gasteiger charge is 2.14. The minimum absolute atomic E-state index is 0.0769. The maximum absolute atomic E-state index is 12.0. The van der Waals surface area contributed by atoms with Gasteiger partial charge in [-0.2, -0.15) is 0 Å². The first-order valence-electron chi connectivity index (χ1n) is 7.49. The molecule has 25 heavy (non-hydrogen) atoms. The highest BCUT2D eigenvalue weighted by Crippen LogP contribution is 2.20. The summed E-state index contributed by atoms with van der Waals surface area (Å²) in [7, 11) is 0. The third-order valence-corrected chi connectivity index (χ3v) is 3.96. The zero-order valence-corrected chi connectivity index (χ0v) is 14.6. The summed E-state index contributed by atoms with van der Waals surface area (Å²) in [6.45, 7) is 0.256. The Morgan fingerprint density at radius 3 is 2.60 bits per heavy atom. The van der Waals surface area contributed by atoms with E-state index in [1.807, 2.05) is 12.1 Å². The van der Waals surface area contributed by atoms with E-state index in [4.69, 9.17) is 37.1 Å². The average molecular weight is 377 g/mol. The molecule has 0 unspecified atom stereocenters. The number of carbonyl (C=O) groups excluding carboxylic acids is 1. The third kappa shape index (κ3) is 4.78. The van der Waals surface area contributed by atoms with Gasteiger partial charge in [-0.15, -0.1) is 0 Å². The summed E-state index contributed by atoms with van der Waals surface area (Å²) in [6.07, 6.45) is 0. The monoisotopic (exact) mass is 376 g/mol. The second-order valence-electron chi connectivity index (χ2n) is 5.18. The molecule has 1 aromatic heterocycles. The first-order chi connectivity index (χ1) is 12.1. The van der Waals surface area contributed by atoms with Crippen LogP contribution in [0.2, 0.25) is 10.0 Å². The van der Waals surface area contributed by atoms with Crippen LogP contribution in [0.4, 0.5) is 0 Å². The fourth-order valence-corrected chi connectivity index (χ4v) is 2.48. The minimum atomic E-state index is -0.561. The van der Waals surface area contributed by atoms with E-state index < -0.39 is 5.97 Å². The van der Waals surface area contributed by atoms with Gasteiger partial charge in [0.25, 0.3) is 0 Å². The molecule has 0 N–H and O–H groups in total. The van der Waals surface area contributed by atoms with E-state index in [1.54, 1.807) is 48.5 Å². The smallest absolute Gasteiger partial charge is 0.374 e. The number of hydrogen-bond donors (Lipinski definition) is 0. The number of halogens is 2. The van der Waals surface area contributed by atoms with Crippen molar-refractivity contribution in [2.24, 2.45) is 0 Å². The second-order valence-corrected chi connectivity index (χ2v) is 6.02. The van der Waals surface area contributed by atoms with Crippen molar-refractivity contribution in [2.75, 3.05) is 0 Å². The molecule has 6 heteroatoms. The van der Waals surface area contributed by atoms with Gasteiger partial charge in [-0.25, -0.2) is 4.79 Å². The van der Waals surface area contributed by atoms with Crippen molar-refractivity contribution >= 4 is 29.2 Å². The third-order valence-electron chi connectivity index (χ3n) is 3.36. The van der Waals surface area contributed by atoms with Gasteiger partial charge in [0.1, 0.15) is 24.7 Å². The van der Waals surface area contributed by atoms with E-state index in [1.165, 1.54) is 0 Å². The van der Waals surface area contributed by atoms with Gasteiger partial charge >= 0.3 is 5.97 Å². The molecular weight excluding hydrogens is 363 g/mol. The van der Waals surface area contributed by atoms with Crippen molar-refractivity contribution in [3.63, 3.8) is 0 Å². The zero-order chi connectivity index (χ0) is 17.6. The van der Waals surface area contributed by atoms with Crippen LogP contribution in [0.3, 0.4) is 0 Å². The van der Waals surface area contributed by atoms with Crippen molar-refractivity contribution < 1.29 is 18.7 Å². The highest BCUT2D eigenvalue weighted by molar-refractivity contribution is 6.31. The maximum atomic E-state index is 12.0. The first-order valence-corrected chi connectivity index (χ1v) is 8.25. The van der Waals surface area contributed by atoms with Crippen molar-refractivity contribution in [3.05, 3.63) is 87.8 Å². The summed E-state index contributed by atoms with van der Waals surface area (Å²) < 4.78 is 16.2. The standard InChI is InChI=1S/C19H14Cl2O4/c20-14-5-3-6-15(10-14)23-12-16-8-9-18(25-16)19(22)24-11-13-4-1-2-7-17(13)21/h1-10H,11-12H2. The molecule has 0 saturated carbocycles. The molecule has 2 aromatic carbocycles. The van der Waals surface area contributed by atoms with Crippen molar-refractivity contribution in [2.45, 2.75) is 13.2 Å². The van der Waals surface area contributed by atoms with Gasteiger partial charge in [0, 0.05) is 15.6 Å². The number of esters is 1. The summed E-state index contributed by atoms with van der Waals surface area (Å²) >= 11 is 11.9. The molecule has 3 rings (SSSR count). The molecule has 0 saturated heterocycles. The summed E-state index contributed by atoms with van der Waals surface area (Å²) in [4.78, 5) is 12.0. The first kappa shape index (κ1) is 17.4. The van der Waals surface area contributed by atoms with Gasteiger partial charge in [-0.05, 0) is 36.4 Å². The zero-order valence-electron chi connectivity index (χ0n) is 13.1. The van der Waals surface area contributed by atoms with E-state index in [2.05, 4.69) is 0 Å². The van der Waals surface area contributed by atoms with Crippen LogP contribution in [0.5, 0.6) is 5.75 Å². The lowest BCUT2D eigenvalue weighted by molar-refractivity contribution is 0.0432. The highest BCUT2D eigenvalue weighted by atomic mass is 35.5. The van der Waals surface area contributed by atoms with Crippen LogP contribution in [-0.4, -0.2) is 5.97 Å². The van der Waals surface area contributed by atoms with Crippen LogP contribution in [0.25, 0.3) is 0 Å². The van der Waals surface area contributed by atoms with Gasteiger partial charge < -0.3 is 13.9 Å². The van der Waals surface area contributed by atoms with E-state index >= 15 is 0 Å². The Morgan fingerprint density at radius 2 is 1.80 bits per heavy atom. The number of benzene rings is 2. The Balaban J connectivity index is 1.55. The van der Waals surface area contributed by atoms with Gasteiger partial charge in [0.15, 0.2) is 0 Å². The molecule has 0 fully saturated rings. The second kappa shape index (κ2) is 8.10. The van der Waals surface area contributed by atoms with Crippen LogP contribution in [0, 0.1) is 0 Å². The molecule has 3 aromatic rings. The van der Waals surface area contributed by atoms with Crippen molar-refractivity contribution in [1.82, 2.24) is 0 Å². The lowest BCUT2D eigenvalue weighted by atomic mass is 10.2. The lowest BCUT2D eigenvalue weighted by Gasteiger charge is -2.05. The molecular formula is C19H14Cl2O4. The predicted molar refractivity (Wildman–Crippen MR) is 95.1 cm³/mol. The topological polar surface area (TPSA) is 48.7 Å². The molecule has 0 aliphatic carbocycles. The summed E-state index contributed by atoms with van der Waals surface area (Å²) in [5.41, 5.74) is 0.730. The number of carbonyl (C=O) groups is 1. The average Bonchev–Trinajstić information content (AvgIpc) is 3.08. The van der Waals surface area contributed by atoms with Gasteiger partial charge in [0.2, 0.25) is 5.76 Å². The predicted octanol–water partition coefficient (Wildman–Crippen LogP) is 5.52. The number of ether oxygens (including phenoxy) is 2. The molecule has 0 amide bonds. The molecule has 0 aliphatic heterocycles. The molecule has 0 spiro atoms. The molecule has 128 valence electrons. The minimum Gasteiger partial charge on any atom is -0.486 e. The number of hydrogen-bond acceptors (Lipinski definition) is 4. The Bertz CT molecular complexity index is 873. The van der Waals surface area contributed by atoms with Crippen LogP contribution in [-0.2, 0) is 18.0 Å². The Labute approximate surface area is 154 Å². The van der Waals surface area contributed by atoms with Crippen LogP contribution in [0.15, 0.2) is 65.1 Å². The van der Waals surface area contributed by atoms with Gasteiger partial charge in [0.05, 0.1) is 0 Å². The molecule has 0 aliphatic rings. The van der Waals surface area contributed by atoms with Gasteiger partial charge in [-0.1, -0.05) is 47.5 Å². The number of rotatable bonds is 6. The summed E-state index contributed by atoms with van der Waals surface area (Å²) in [5, 5.41) is 1.13. The number of furan rings is 1. The molecule has 0 radical (unpaired) electrons. The van der Waals surface area contributed by atoms with Crippen molar-refractivity contribution in [1.29, 1.82) is 0 Å². The Kier molecular flexibility index (Phi) is 5.64. The van der Waals surface area contributed by atoms with E-state index in [9.17, 15) is 4.79 Å². The summed E-state index contributed by atoms with van der Waals surface area (Å²) in [6, 6.07) is 17.4. The van der Waals surface area contributed by atoms with Crippen LogP contribution < -0.4 is 4.74 Å². The van der Waals surface area contributed by atoms with E-state index in [-0.39, 0.29) is 19.0 Å². The molecule has 0 atom stereocenters. The Morgan fingerprint density at radius 1 is 0.960 bits per heavy atom. The Hall–Kier alpha value is -2.43. The maximum Gasteiger partial charge on any atom is 0.374 e. The van der Waals surface area contributed by atoms with Crippen LogP contribution in [0.1, 0.15) is 21.9 Å². The van der Waals surface area contributed by atoms with Crippen LogP contribution >= 0.6 is 23.2 Å².